The van der Waals surface area contributed by atoms with Crippen LogP contribution in [0.2, 0.25) is 0 Å². The molecule has 0 bridgehead atoms. The van der Waals surface area contributed by atoms with E-state index in [1.165, 1.54) is 18.4 Å². The second-order valence-corrected chi connectivity index (χ2v) is 7.22. The Morgan fingerprint density at radius 1 is 1.30 bits per heavy atom. The van der Waals surface area contributed by atoms with Crippen LogP contribution in [0.5, 0.6) is 11.5 Å². The molecule has 1 aromatic rings. The standard InChI is InChI=1S/C20H34N4O2.HI/c1-15-8-7-11-24(14-15)20(21-2)22-13-17(23(3)4)16-9-10-18(25-5)19(12-16)26-6;/h9-10,12,15,17H,7-8,11,13-14H2,1-6H3,(H,21,22);1H. The molecule has 0 spiro atoms. The van der Waals surface area contributed by atoms with Crippen LogP contribution in [0.1, 0.15) is 31.4 Å². The fourth-order valence-electron chi connectivity index (χ4n) is 3.56. The van der Waals surface area contributed by atoms with Crippen LogP contribution in [0.4, 0.5) is 0 Å². The van der Waals surface area contributed by atoms with Gasteiger partial charge in [0.2, 0.25) is 0 Å². The third kappa shape index (κ3) is 6.41. The number of hydrogen-bond acceptors (Lipinski definition) is 4. The highest BCUT2D eigenvalue weighted by molar-refractivity contribution is 14.0. The molecule has 0 aromatic heterocycles. The lowest BCUT2D eigenvalue weighted by atomic mass is 10.0. The zero-order chi connectivity index (χ0) is 19.1. The van der Waals surface area contributed by atoms with Crippen molar-refractivity contribution in [3.8, 4) is 11.5 Å². The van der Waals surface area contributed by atoms with E-state index in [9.17, 15) is 0 Å². The molecule has 27 heavy (non-hydrogen) atoms. The lowest BCUT2D eigenvalue weighted by Crippen LogP contribution is -2.48. The van der Waals surface area contributed by atoms with Gasteiger partial charge >= 0.3 is 0 Å². The number of nitrogens with one attached hydrogen (secondary N) is 1. The molecule has 6 nitrogen and oxygen atoms in total. The van der Waals surface area contributed by atoms with Crippen LogP contribution in [-0.4, -0.2) is 70.8 Å². The fourth-order valence-corrected chi connectivity index (χ4v) is 3.56. The Hall–Kier alpha value is -1.22. The lowest BCUT2D eigenvalue weighted by molar-refractivity contribution is 0.257. The van der Waals surface area contributed by atoms with E-state index >= 15 is 0 Å². The van der Waals surface area contributed by atoms with Gasteiger partial charge in [-0.1, -0.05) is 13.0 Å². The van der Waals surface area contributed by atoms with E-state index in [2.05, 4.69) is 53.3 Å². The molecule has 0 amide bonds. The van der Waals surface area contributed by atoms with Gasteiger partial charge in [0.1, 0.15) is 0 Å². The Morgan fingerprint density at radius 3 is 2.56 bits per heavy atom. The molecular formula is C20H35IN4O2. The van der Waals surface area contributed by atoms with Crippen LogP contribution < -0.4 is 14.8 Å². The third-order valence-electron chi connectivity index (χ3n) is 5.04. The van der Waals surface area contributed by atoms with Crippen LogP contribution in [-0.2, 0) is 0 Å². The zero-order valence-corrected chi connectivity index (χ0v) is 19.8. The molecule has 1 aromatic carbocycles. The molecule has 2 unspecified atom stereocenters. The number of guanidine groups is 1. The predicted octanol–water partition coefficient (Wildman–Crippen LogP) is 3.23. The summed E-state index contributed by atoms with van der Waals surface area (Å²) in [6.45, 7) is 5.24. The Bertz CT molecular complexity index is 610. The van der Waals surface area contributed by atoms with Gasteiger partial charge in [-0.3, -0.25) is 4.99 Å². The van der Waals surface area contributed by atoms with E-state index in [0.717, 1.165) is 43.0 Å². The maximum Gasteiger partial charge on any atom is 0.193 e. The van der Waals surface area contributed by atoms with Gasteiger partial charge < -0.3 is 24.6 Å². The topological polar surface area (TPSA) is 49.3 Å². The molecule has 1 saturated heterocycles. The van der Waals surface area contributed by atoms with Crippen molar-refractivity contribution in [2.45, 2.75) is 25.8 Å². The Labute approximate surface area is 181 Å². The fraction of sp³-hybridized carbons (Fsp3) is 0.650. The monoisotopic (exact) mass is 490 g/mol. The number of rotatable bonds is 6. The first-order valence-corrected chi connectivity index (χ1v) is 9.34. The highest BCUT2D eigenvalue weighted by Gasteiger charge is 2.21. The first kappa shape index (κ1) is 23.8. The molecule has 2 atom stereocenters. The van der Waals surface area contributed by atoms with Crippen LogP contribution in [0.25, 0.3) is 0 Å². The first-order chi connectivity index (χ1) is 12.5. The molecule has 1 fully saturated rings. The number of nitrogens with zero attached hydrogens (tertiary/aromatic N) is 3. The smallest absolute Gasteiger partial charge is 0.193 e. The summed E-state index contributed by atoms with van der Waals surface area (Å²) in [6.07, 6.45) is 2.54. The quantitative estimate of drug-likeness (QED) is 0.377. The number of piperidine rings is 1. The summed E-state index contributed by atoms with van der Waals surface area (Å²) in [4.78, 5) is 9.08. The number of ether oxygens (including phenoxy) is 2. The van der Waals surface area contributed by atoms with Crippen molar-refractivity contribution in [3.63, 3.8) is 0 Å². The summed E-state index contributed by atoms with van der Waals surface area (Å²) in [5, 5.41) is 3.57. The molecular weight excluding hydrogens is 455 g/mol. The SMILES string of the molecule is CN=C(NCC(c1ccc(OC)c(OC)c1)N(C)C)N1CCCC(C)C1.I. The second-order valence-electron chi connectivity index (χ2n) is 7.22. The van der Waals surface area contributed by atoms with Gasteiger partial charge in [0.25, 0.3) is 0 Å². The average Bonchev–Trinajstić information content (AvgIpc) is 2.64. The summed E-state index contributed by atoms with van der Waals surface area (Å²) in [7, 11) is 9.38. The molecule has 0 radical (unpaired) electrons. The normalized spacial score (nSPS) is 18.7. The number of methoxy groups -OCH3 is 2. The minimum absolute atomic E-state index is 0. The molecule has 0 aliphatic carbocycles. The van der Waals surface area contributed by atoms with E-state index in [0.29, 0.717) is 0 Å². The summed E-state index contributed by atoms with van der Waals surface area (Å²) < 4.78 is 10.8. The third-order valence-corrected chi connectivity index (χ3v) is 5.04. The van der Waals surface area contributed by atoms with E-state index in [-0.39, 0.29) is 30.0 Å². The van der Waals surface area contributed by atoms with Gasteiger partial charge in [-0.05, 0) is 50.6 Å². The Morgan fingerprint density at radius 2 is 2.00 bits per heavy atom. The van der Waals surface area contributed by atoms with Crippen molar-refractivity contribution in [2.75, 3.05) is 55.0 Å². The summed E-state index contributed by atoms with van der Waals surface area (Å²) >= 11 is 0. The van der Waals surface area contributed by atoms with Crippen LogP contribution in [0.15, 0.2) is 23.2 Å². The lowest BCUT2D eigenvalue weighted by Gasteiger charge is -2.35. The van der Waals surface area contributed by atoms with Crippen molar-refractivity contribution < 1.29 is 9.47 Å². The van der Waals surface area contributed by atoms with E-state index in [1.807, 2.05) is 13.1 Å². The Kier molecular flexibility index (Phi) is 10.2. The molecule has 1 heterocycles. The van der Waals surface area contributed by atoms with Crippen molar-refractivity contribution in [1.29, 1.82) is 0 Å². The minimum Gasteiger partial charge on any atom is -0.493 e. The van der Waals surface area contributed by atoms with Gasteiger partial charge in [-0.2, -0.15) is 0 Å². The average molecular weight is 490 g/mol. The number of hydrogen-bond donors (Lipinski definition) is 1. The second kappa shape index (κ2) is 11.6. The van der Waals surface area contributed by atoms with Crippen LogP contribution >= 0.6 is 24.0 Å². The number of halogens is 1. The first-order valence-electron chi connectivity index (χ1n) is 9.34. The van der Waals surface area contributed by atoms with Crippen molar-refractivity contribution >= 4 is 29.9 Å². The summed E-state index contributed by atoms with van der Waals surface area (Å²) in [6, 6.07) is 6.32. The molecule has 1 N–H and O–H groups in total. The van der Waals surface area contributed by atoms with E-state index in [1.54, 1.807) is 14.2 Å². The molecule has 1 aliphatic heterocycles. The molecule has 154 valence electrons. The van der Waals surface area contributed by atoms with Crippen LogP contribution in [0.3, 0.4) is 0 Å². The maximum absolute atomic E-state index is 5.46. The molecule has 0 saturated carbocycles. The summed E-state index contributed by atoms with van der Waals surface area (Å²) in [5.41, 5.74) is 1.18. The van der Waals surface area contributed by atoms with Crippen LogP contribution in [0, 0.1) is 5.92 Å². The van der Waals surface area contributed by atoms with Gasteiger partial charge in [-0.15, -0.1) is 24.0 Å². The number of benzene rings is 1. The highest BCUT2D eigenvalue weighted by atomic mass is 127. The number of likely N-dealkylation sites (tertiary alicyclic amines) is 1. The molecule has 7 heteroatoms. The predicted molar refractivity (Wildman–Crippen MR) is 123 cm³/mol. The van der Waals surface area contributed by atoms with Crippen molar-refractivity contribution in [3.05, 3.63) is 23.8 Å². The van der Waals surface area contributed by atoms with E-state index in [4.69, 9.17) is 9.47 Å². The van der Waals surface area contributed by atoms with Gasteiger partial charge in [0.05, 0.1) is 20.3 Å². The molecule has 2 rings (SSSR count). The van der Waals surface area contributed by atoms with Gasteiger partial charge in [0, 0.05) is 26.7 Å². The van der Waals surface area contributed by atoms with Crippen molar-refractivity contribution in [2.24, 2.45) is 10.9 Å². The minimum atomic E-state index is 0. The zero-order valence-electron chi connectivity index (χ0n) is 17.5. The van der Waals surface area contributed by atoms with E-state index < -0.39 is 0 Å². The largest absolute Gasteiger partial charge is 0.493 e. The van der Waals surface area contributed by atoms with Gasteiger partial charge in [-0.25, -0.2) is 0 Å². The number of likely N-dealkylation sites (N-methyl/N-ethyl adjacent to an activating group) is 1. The van der Waals surface area contributed by atoms with Crippen molar-refractivity contribution in [1.82, 2.24) is 15.1 Å². The van der Waals surface area contributed by atoms with Gasteiger partial charge in [0.15, 0.2) is 17.5 Å². The summed E-state index contributed by atoms with van der Waals surface area (Å²) in [5.74, 6) is 3.22. The number of aliphatic imine (C=N–C) groups is 1. The Balaban J connectivity index is 0.00000364. The maximum atomic E-state index is 5.46. The molecule has 1 aliphatic rings. The highest BCUT2D eigenvalue weighted by Crippen LogP contribution is 2.31.